The Morgan fingerprint density at radius 3 is 2.63 bits per heavy atom. The molecule has 0 aliphatic rings. The highest BCUT2D eigenvalue weighted by molar-refractivity contribution is 9.10. The highest BCUT2D eigenvalue weighted by Crippen LogP contribution is 2.23. The number of para-hydroxylation sites is 1. The van der Waals surface area contributed by atoms with Crippen LogP contribution in [0.2, 0.25) is 0 Å². The van der Waals surface area contributed by atoms with Crippen molar-refractivity contribution in [2.75, 3.05) is 0 Å². The maximum Gasteiger partial charge on any atom is 0.282 e. The van der Waals surface area contributed by atoms with Gasteiger partial charge in [-0.15, -0.1) is 0 Å². The van der Waals surface area contributed by atoms with E-state index in [0.717, 1.165) is 32.9 Å². The van der Waals surface area contributed by atoms with Crippen molar-refractivity contribution in [1.29, 1.82) is 0 Å². The van der Waals surface area contributed by atoms with Crippen LogP contribution in [0, 0.1) is 5.82 Å². The van der Waals surface area contributed by atoms with E-state index in [-0.39, 0.29) is 17.3 Å². The topological polar surface area (TPSA) is 52.2 Å². The first-order valence-electron chi connectivity index (χ1n) is 11.5. The van der Waals surface area contributed by atoms with E-state index in [1.54, 1.807) is 24.4 Å². The fourth-order valence-electron chi connectivity index (χ4n) is 4.19. The fourth-order valence-corrected chi connectivity index (χ4v) is 4.56. The third-order valence-corrected chi connectivity index (χ3v) is 6.78. The molecule has 0 amide bonds. The lowest BCUT2D eigenvalue weighted by Gasteiger charge is -2.13. The number of nitrogens with zero attached hydrogens (tertiary/aromatic N) is 4. The summed E-state index contributed by atoms with van der Waals surface area (Å²) in [5.41, 5.74) is 3.39. The van der Waals surface area contributed by atoms with Crippen LogP contribution in [0.3, 0.4) is 0 Å². The van der Waals surface area contributed by atoms with Crippen LogP contribution in [-0.2, 0) is 6.54 Å². The summed E-state index contributed by atoms with van der Waals surface area (Å²) in [5, 5.41) is 6.18. The van der Waals surface area contributed by atoms with Gasteiger partial charge in [-0.1, -0.05) is 60.1 Å². The number of rotatable bonds is 6. The Morgan fingerprint density at radius 2 is 1.86 bits per heavy atom. The van der Waals surface area contributed by atoms with Gasteiger partial charge < -0.3 is 4.57 Å². The largest absolute Gasteiger partial charge is 0.342 e. The van der Waals surface area contributed by atoms with E-state index in [4.69, 9.17) is 4.98 Å². The Labute approximate surface area is 210 Å². The number of benzene rings is 3. The molecule has 0 unspecified atom stereocenters. The molecule has 0 saturated carbocycles. The highest BCUT2D eigenvalue weighted by atomic mass is 79.9. The van der Waals surface area contributed by atoms with Gasteiger partial charge in [0.1, 0.15) is 11.6 Å². The molecule has 7 heteroatoms. The molecule has 0 spiro atoms. The number of halogens is 2. The molecule has 176 valence electrons. The van der Waals surface area contributed by atoms with Gasteiger partial charge in [0.15, 0.2) is 0 Å². The summed E-state index contributed by atoms with van der Waals surface area (Å²) in [4.78, 5) is 18.2. The van der Waals surface area contributed by atoms with E-state index in [1.807, 2.05) is 49.5 Å². The molecule has 5 nitrogen and oxygen atoms in total. The second kappa shape index (κ2) is 9.58. The summed E-state index contributed by atoms with van der Waals surface area (Å²) in [6.45, 7) is 4.71. The second-order valence-electron chi connectivity index (χ2n) is 8.66. The van der Waals surface area contributed by atoms with E-state index >= 15 is 0 Å². The molecule has 0 aliphatic heterocycles. The molecule has 2 aromatic heterocycles. The fraction of sp³-hybridized carbons (Fsp3) is 0.179. The van der Waals surface area contributed by atoms with Crippen LogP contribution < -0.4 is 5.56 Å². The molecule has 3 aromatic carbocycles. The number of fused-ring (bicyclic) bond motifs is 2. The minimum atomic E-state index is -0.252. The highest BCUT2D eigenvalue weighted by Gasteiger charge is 2.16. The van der Waals surface area contributed by atoms with Crippen LogP contribution in [0.5, 0.6) is 0 Å². The first-order valence-corrected chi connectivity index (χ1v) is 12.3. The van der Waals surface area contributed by atoms with Crippen molar-refractivity contribution in [3.8, 4) is 0 Å². The van der Waals surface area contributed by atoms with Gasteiger partial charge in [-0.3, -0.25) is 4.79 Å². The van der Waals surface area contributed by atoms with E-state index in [2.05, 4.69) is 32.5 Å². The smallest absolute Gasteiger partial charge is 0.282 e. The molecule has 0 fully saturated rings. The van der Waals surface area contributed by atoms with Gasteiger partial charge in [0.25, 0.3) is 5.56 Å². The summed E-state index contributed by atoms with van der Waals surface area (Å²) >= 11 is 3.45. The molecular formula is C28H24BrFN4O. The summed E-state index contributed by atoms with van der Waals surface area (Å²) in [6, 6.07) is 20.1. The van der Waals surface area contributed by atoms with Crippen molar-refractivity contribution in [3.63, 3.8) is 0 Å². The summed E-state index contributed by atoms with van der Waals surface area (Å²) < 4.78 is 17.7. The molecule has 0 aliphatic carbocycles. The zero-order valence-electron chi connectivity index (χ0n) is 19.5. The predicted octanol–water partition coefficient (Wildman–Crippen LogP) is 6.70. The maximum atomic E-state index is 13.4. The zero-order chi connectivity index (χ0) is 24.5. The molecule has 0 saturated heterocycles. The van der Waals surface area contributed by atoms with Crippen molar-refractivity contribution in [2.45, 2.75) is 32.7 Å². The third-order valence-electron chi connectivity index (χ3n) is 6.28. The zero-order valence-corrected chi connectivity index (χ0v) is 21.0. The average Bonchev–Trinajstić information content (AvgIpc) is 3.22. The molecule has 35 heavy (non-hydrogen) atoms. The average molecular weight is 531 g/mol. The van der Waals surface area contributed by atoms with E-state index < -0.39 is 0 Å². The quantitative estimate of drug-likeness (QED) is 0.229. The SMILES string of the molecule is CC[C@@H](C)c1nc2ccc(Br)cc2c(=O)n1N=Cc1cn(Cc2ccc(F)cc2)c2ccccc12. The first kappa shape index (κ1) is 23.2. The Morgan fingerprint density at radius 1 is 1.09 bits per heavy atom. The van der Waals surface area contributed by atoms with Gasteiger partial charge in [0.2, 0.25) is 0 Å². The second-order valence-corrected chi connectivity index (χ2v) is 9.57. The Balaban J connectivity index is 1.61. The summed E-state index contributed by atoms with van der Waals surface area (Å²) in [7, 11) is 0. The number of aromatic nitrogens is 3. The number of hydrogen-bond donors (Lipinski definition) is 0. The molecule has 0 bridgehead atoms. The van der Waals surface area contributed by atoms with Crippen LogP contribution in [0.4, 0.5) is 4.39 Å². The molecule has 1 atom stereocenters. The standard InChI is InChI=1S/C28H24BrFN4O/c1-3-18(2)27-32-25-13-10-21(29)14-24(25)28(35)34(27)31-15-20-17-33(26-7-5-4-6-23(20)26)16-19-8-11-22(30)12-9-19/h4-15,17-18H,3,16H2,1-2H3/t18-/m1/s1. The lowest BCUT2D eigenvalue weighted by molar-refractivity contribution is 0.613. The summed E-state index contributed by atoms with van der Waals surface area (Å²) in [5.74, 6) is 0.448. The number of hydrogen-bond acceptors (Lipinski definition) is 3. The third kappa shape index (κ3) is 4.56. The van der Waals surface area contributed by atoms with Crippen LogP contribution >= 0.6 is 15.9 Å². The minimum Gasteiger partial charge on any atom is -0.342 e. The van der Waals surface area contributed by atoms with Gasteiger partial charge in [0, 0.05) is 39.6 Å². The van der Waals surface area contributed by atoms with Crippen LogP contribution in [0.25, 0.3) is 21.8 Å². The Hall–Kier alpha value is -3.58. The van der Waals surface area contributed by atoms with Crippen molar-refractivity contribution < 1.29 is 4.39 Å². The molecule has 0 radical (unpaired) electrons. The van der Waals surface area contributed by atoms with Gasteiger partial charge >= 0.3 is 0 Å². The van der Waals surface area contributed by atoms with Gasteiger partial charge in [0.05, 0.1) is 17.1 Å². The monoisotopic (exact) mass is 530 g/mol. The molecule has 5 aromatic rings. The van der Waals surface area contributed by atoms with Crippen LogP contribution in [0.15, 0.2) is 87.3 Å². The van der Waals surface area contributed by atoms with Crippen molar-refractivity contribution in [3.05, 3.63) is 111 Å². The van der Waals surface area contributed by atoms with Gasteiger partial charge in [-0.05, 0) is 48.4 Å². The Kier molecular flexibility index (Phi) is 6.34. The lowest BCUT2D eigenvalue weighted by atomic mass is 10.1. The summed E-state index contributed by atoms with van der Waals surface area (Å²) in [6.07, 6.45) is 4.57. The van der Waals surface area contributed by atoms with Crippen molar-refractivity contribution >= 4 is 44.0 Å². The van der Waals surface area contributed by atoms with Gasteiger partial charge in [-0.2, -0.15) is 9.78 Å². The molecule has 2 heterocycles. The normalized spacial score (nSPS) is 12.7. The van der Waals surface area contributed by atoms with Crippen molar-refractivity contribution in [1.82, 2.24) is 14.2 Å². The maximum absolute atomic E-state index is 13.4. The Bertz CT molecular complexity index is 1620. The van der Waals surface area contributed by atoms with Gasteiger partial charge in [-0.25, -0.2) is 9.37 Å². The molecule has 5 rings (SSSR count). The first-order chi connectivity index (χ1) is 16.9. The predicted molar refractivity (Wildman–Crippen MR) is 143 cm³/mol. The molecular weight excluding hydrogens is 507 g/mol. The van der Waals surface area contributed by atoms with E-state index in [1.165, 1.54) is 16.8 Å². The van der Waals surface area contributed by atoms with E-state index in [0.29, 0.717) is 23.3 Å². The van der Waals surface area contributed by atoms with Crippen LogP contribution in [0.1, 0.15) is 43.1 Å². The van der Waals surface area contributed by atoms with Crippen molar-refractivity contribution in [2.24, 2.45) is 5.10 Å². The molecule has 0 N–H and O–H groups in total. The van der Waals surface area contributed by atoms with E-state index in [9.17, 15) is 9.18 Å². The lowest BCUT2D eigenvalue weighted by Crippen LogP contribution is -2.23. The van der Waals surface area contributed by atoms with Crippen LogP contribution in [-0.4, -0.2) is 20.4 Å². The minimum absolute atomic E-state index is 0.0627.